The molecule has 79 valence electrons. The van der Waals surface area contributed by atoms with E-state index in [9.17, 15) is 0 Å². The van der Waals surface area contributed by atoms with Crippen LogP contribution in [0.5, 0.6) is 0 Å². The van der Waals surface area contributed by atoms with Gasteiger partial charge in [-0.2, -0.15) is 0 Å². The first-order chi connectivity index (χ1) is 7.45. The smallest absolute Gasteiger partial charge is 0.0444 e. The summed E-state index contributed by atoms with van der Waals surface area (Å²) in [4.78, 5) is 4.38. The molecule has 1 aromatic rings. The molecule has 0 atom stereocenters. The van der Waals surface area contributed by atoms with Crippen molar-refractivity contribution in [3.8, 4) is 0 Å². The van der Waals surface area contributed by atoms with E-state index in [0.717, 1.165) is 6.42 Å². The molecule has 1 aliphatic rings. The third-order valence-electron chi connectivity index (χ3n) is 2.84. The van der Waals surface area contributed by atoms with Gasteiger partial charge in [0.05, 0.1) is 0 Å². The molecule has 0 amide bonds. The molecule has 0 unspecified atom stereocenters. The number of allylic oxidation sites excluding steroid dienone is 2. The molecule has 0 N–H and O–H groups in total. The summed E-state index contributed by atoms with van der Waals surface area (Å²) >= 11 is 0. The van der Waals surface area contributed by atoms with E-state index >= 15 is 0 Å². The highest BCUT2D eigenvalue weighted by Gasteiger charge is 2.03. The van der Waals surface area contributed by atoms with Gasteiger partial charge in [0.25, 0.3) is 0 Å². The van der Waals surface area contributed by atoms with Gasteiger partial charge in [-0.1, -0.05) is 17.7 Å². The number of hydrogen-bond acceptors (Lipinski definition) is 1. The molecule has 0 saturated carbocycles. The minimum atomic E-state index is 1.04. The Labute approximate surface area is 92.2 Å². The Hall–Kier alpha value is -1.11. The number of hydrogen-bond donors (Lipinski definition) is 0. The zero-order chi connectivity index (χ0) is 10.3. The number of pyridine rings is 1. The highest BCUT2D eigenvalue weighted by atomic mass is 14.7. The average Bonchev–Trinajstić information content (AvgIpc) is 2.23. The predicted molar refractivity (Wildman–Crippen MR) is 63.4 cm³/mol. The normalized spacial score (nSPS) is 21.2. The molecule has 0 spiro atoms. The average molecular weight is 200 g/mol. The Morgan fingerprint density at radius 1 is 1.13 bits per heavy atom. The Balaban J connectivity index is 1.97. The lowest BCUT2D eigenvalue weighted by molar-refractivity contribution is 0.719. The topological polar surface area (TPSA) is 12.9 Å². The maximum absolute atomic E-state index is 4.38. The van der Waals surface area contributed by atoms with Gasteiger partial charge in [0, 0.05) is 18.3 Å². The van der Waals surface area contributed by atoms with Gasteiger partial charge in [-0.05, 0) is 50.7 Å². The molecule has 1 aromatic heterocycles. The summed E-state index contributed by atoms with van der Waals surface area (Å²) in [7, 11) is 0. The summed E-state index contributed by atoms with van der Waals surface area (Å²) in [6.07, 6.45) is 14.0. The fourth-order valence-electron chi connectivity index (χ4n) is 2.02. The van der Waals surface area contributed by atoms with Crippen LogP contribution >= 0.6 is 0 Å². The van der Waals surface area contributed by atoms with E-state index in [1.54, 1.807) is 5.57 Å². The first kappa shape index (κ1) is 10.4. The SMILES string of the molecule is [CH]1CC/C=C(/Cc2ccccn2)CCC1. The van der Waals surface area contributed by atoms with Gasteiger partial charge in [-0.3, -0.25) is 4.98 Å². The zero-order valence-corrected chi connectivity index (χ0v) is 9.15. The number of rotatable bonds is 2. The second-order valence-corrected chi connectivity index (χ2v) is 4.12. The second kappa shape index (κ2) is 5.69. The van der Waals surface area contributed by atoms with Crippen molar-refractivity contribution in [1.82, 2.24) is 4.98 Å². The molecule has 0 bridgehead atoms. The van der Waals surface area contributed by atoms with E-state index in [1.165, 1.54) is 37.8 Å². The second-order valence-electron chi connectivity index (χ2n) is 4.12. The molecule has 1 heteroatoms. The Bertz CT molecular complexity index is 313. The summed E-state index contributed by atoms with van der Waals surface area (Å²) in [5, 5.41) is 0. The summed E-state index contributed by atoms with van der Waals surface area (Å²) in [6.45, 7) is 0. The zero-order valence-electron chi connectivity index (χ0n) is 9.15. The highest BCUT2D eigenvalue weighted by Crippen LogP contribution is 2.19. The van der Waals surface area contributed by atoms with E-state index in [1.807, 2.05) is 12.3 Å². The Morgan fingerprint density at radius 3 is 3.00 bits per heavy atom. The molecular formula is C14H18N. The van der Waals surface area contributed by atoms with Crippen LogP contribution < -0.4 is 0 Å². The predicted octanol–water partition coefficient (Wildman–Crippen LogP) is 3.72. The summed E-state index contributed by atoms with van der Waals surface area (Å²) < 4.78 is 0. The minimum absolute atomic E-state index is 1.04. The van der Waals surface area contributed by atoms with Crippen LogP contribution in [-0.2, 0) is 6.42 Å². The van der Waals surface area contributed by atoms with Crippen LogP contribution in [0, 0.1) is 6.42 Å². The van der Waals surface area contributed by atoms with Gasteiger partial charge in [-0.25, -0.2) is 0 Å². The van der Waals surface area contributed by atoms with Gasteiger partial charge >= 0.3 is 0 Å². The van der Waals surface area contributed by atoms with Crippen LogP contribution in [0.15, 0.2) is 36.0 Å². The van der Waals surface area contributed by atoms with Crippen molar-refractivity contribution in [2.24, 2.45) is 0 Å². The third-order valence-corrected chi connectivity index (χ3v) is 2.84. The highest BCUT2D eigenvalue weighted by molar-refractivity contribution is 5.15. The molecule has 0 saturated heterocycles. The van der Waals surface area contributed by atoms with E-state index in [0.29, 0.717) is 0 Å². The van der Waals surface area contributed by atoms with Crippen LogP contribution in [0.2, 0.25) is 0 Å². The summed E-state index contributed by atoms with van der Waals surface area (Å²) in [6, 6.07) is 6.16. The van der Waals surface area contributed by atoms with Crippen LogP contribution in [0.25, 0.3) is 0 Å². The maximum atomic E-state index is 4.38. The molecule has 1 heterocycles. The molecule has 0 aromatic carbocycles. The lowest BCUT2D eigenvalue weighted by Gasteiger charge is -2.10. The fraction of sp³-hybridized carbons (Fsp3) is 0.429. The van der Waals surface area contributed by atoms with E-state index < -0.39 is 0 Å². The maximum Gasteiger partial charge on any atom is 0.0444 e. The molecular weight excluding hydrogens is 182 g/mol. The summed E-state index contributed by atoms with van der Waals surface area (Å²) in [5.74, 6) is 0. The van der Waals surface area contributed by atoms with Crippen LogP contribution in [0.4, 0.5) is 0 Å². The van der Waals surface area contributed by atoms with Crippen LogP contribution in [0.1, 0.15) is 37.8 Å². The van der Waals surface area contributed by atoms with Gasteiger partial charge in [0.15, 0.2) is 0 Å². The summed E-state index contributed by atoms with van der Waals surface area (Å²) in [5.41, 5.74) is 2.77. The van der Waals surface area contributed by atoms with Gasteiger partial charge in [0.1, 0.15) is 0 Å². The van der Waals surface area contributed by atoms with Crippen molar-refractivity contribution < 1.29 is 0 Å². The van der Waals surface area contributed by atoms with Crippen LogP contribution in [0.3, 0.4) is 0 Å². The van der Waals surface area contributed by atoms with Crippen molar-refractivity contribution in [2.75, 3.05) is 0 Å². The van der Waals surface area contributed by atoms with Crippen molar-refractivity contribution in [1.29, 1.82) is 0 Å². The first-order valence-electron chi connectivity index (χ1n) is 5.84. The van der Waals surface area contributed by atoms with E-state index in [2.05, 4.69) is 29.6 Å². The van der Waals surface area contributed by atoms with E-state index in [4.69, 9.17) is 0 Å². The molecule has 1 aliphatic carbocycles. The van der Waals surface area contributed by atoms with Crippen molar-refractivity contribution in [3.05, 3.63) is 48.2 Å². The fourth-order valence-corrected chi connectivity index (χ4v) is 2.02. The lowest BCUT2D eigenvalue weighted by atomic mass is 9.97. The van der Waals surface area contributed by atoms with Crippen LogP contribution in [-0.4, -0.2) is 4.98 Å². The number of nitrogens with zero attached hydrogens (tertiary/aromatic N) is 1. The van der Waals surface area contributed by atoms with E-state index in [-0.39, 0.29) is 0 Å². The Morgan fingerprint density at radius 2 is 2.13 bits per heavy atom. The minimum Gasteiger partial charge on any atom is -0.261 e. The molecule has 0 fully saturated rings. The largest absolute Gasteiger partial charge is 0.261 e. The molecule has 15 heavy (non-hydrogen) atoms. The van der Waals surface area contributed by atoms with Gasteiger partial charge < -0.3 is 0 Å². The van der Waals surface area contributed by atoms with Gasteiger partial charge in [-0.15, -0.1) is 0 Å². The molecule has 1 radical (unpaired) electrons. The quantitative estimate of drug-likeness (QED) is 0.663. The first-order valence-corrected chi connectivity index (χ1v) is 5.84. The molecule has 1 nitrogen and oxygen atoms in total. The molecule has 2 rings (SSSR count). The number of aromatic nitrogens is 1. The lowest BCUT2D eigenvalue weighted by Crippen LogP contribution is -1.96. The van der Waals surface area contributed by atoms with Crippen molar-refractivity contribution in [3.63, 3.8) is 0 Å². The molecule has 0 aliphatic heterocycles. The third kappa shape index (κ3) is 3.50. The van der Waals surface area contributed by atoms with Gasteiger partial charge in [0.2, 0.25) is 0 Å². The van der Waals surface area contributed by atoms with Crippen molar-refractivity contribution in [2.45, 2.75) is 38.5 Å². The standard InChI is InChI=1S/C14H18N/c1-2-4-8-13(9-5-3-1)12-14-10-6-7-11-15-14/h1,6-8,10-11H,2-5,9,12H2/b13-8+. The Kier molecular flexibility index (Phi) is 3.95. The van der Waals surface area contributed by atoms with Crippen molar-refractivity contribution >= 4 is 0 Å². The monoisotopic (exact) mass is 200 g/mol.